The van der Waals surface area contributed by atoms with Crippen LogP contribution in [0.5, 0.6) is 0 Å². The molecule has 0 bridgehead atoms. The first-order valence-electron chi connectivity index (χ1n) is 5.38. The molecular weight excluding hydrogens is 263 g/mol. The molecule has 1 aromatic heterocycles. The third-order valence-corrected chi connectivity index (χ3v) is 2.66. The summed E-state index contributed by atoms with van der Waals surface area (Å²) in [6.07, 6.45) is -4.53. The fraction of sp³-hybridized carbons (Fsp3) is 0.273. The molecule has 0 spiro atoms. The van der Waals surface area contributed by atoms with Crippen LogP contribution in [0.25, 0.3) is 10.9 Å². The Morgan fingerprint density at radius 2 is 1.95 bits per heavy atom. The van der Waals surface area contributed by atoms with Gasteiger partial charge >= 0.3 is 11.9 Å². The zero-order valence-corrected chi connectivity index (χ0v) is 9.62. The molecule has 0 amide bonds. The van der Waals surface area contributed by atoms with E-state index in [2.05, 4.69) is 4.98 Å². The van der Waals surface area contributed by atoms with Crippen LogP contribution in [-0.2, 0) is 12.7 Å². The van der Waals surface area contributed by atoms with Crippen molar-refractivity contribution in [2.45, 2.75) is 12.7 Å². The van der Waals surface area contributed by atoms with Crippen LogP contribution in [0.3, 0.4) is 0 Å². The summed E-state index contributed by atoms with van der Waals surface area (Å²) in [5.74, 6) is 0. The quantitative estimate of drug-likeness (QED) is 0.843. The van der Waals surface area contributed by atoms with Gasteiger partial charge in [0.15, 0.2) is 0 Å². The first-order chi connectivity index (χ1) is 8.84. The van der Waals surface area contributed by atoms with E-state index in [-0.39, 0.29) is 24.0 Å². The maximum atomic E-state index is 12.5. The Balaban J connectivity index is 2.75. The first kappa shape index (κ1) is 13.3. The Hall–Kier alpha value is -2.09. The monoisotopic (exact) mass is 273 g/mol. The van der Waals surface area contributed by atoms with Gasteiger partial charge in [0.25, 0.3) is 5.56 Å². The third-order valence-electron chi connectivity index (χ3n) is 2.66. The Morgan fingerprint density at radius 3 is 2.53 bits per heavy atom. The number of benzene rings is 1. The zero-order valence-electron chi connectivity index (χ0n) is 9.62. The first-order valence-corrected chi connectivity index (χ1v) is 5.38. The van der Waals surface area contributed by atoms with Crippen molar-refractivity contribution >= 4 is 10.9 Å². The largest absolute Gasteiger partial charge is 0.416 e. The molecule has 0 unspecified atom stereocenters. The van der Waals surface area contributed by atoms with Gasteiger partial charge in [-0.1, -0.05) is 0 Å². The Labute approximate surface area is 104 Å². The van der Waals surface area contributed by atoms with E-state index >= 15 is 0 Å². The zero-order chi connectivity index (χ0) is 14.2. The van der Waals surface area contributed by atoms with Gasteiger partial charge in [-0.15, -0.1) is 0 Å². The van der Waals surface area contributed by atoms with E-state index in [4.69, 9.17) is 5.73 Å². The summed E-state index contributed by atoms with van der Waals surface area (Å²) in [4.78, 5) is 25.7. The number of rotatable bonds is 2. The number of nitrogens with two attached hydrogens (primary N) is 1. The van der Waals surface area contributed by atoms with Crippen LogP contribution in [-0.4, -0.2) is 16.1 Å². The topological polar surface area (TPSA) is 80.9 Å². The standard InChI is InChI=1S/C11H10F3N3O2/c12-11(13,14)6-1-2-7-8(5-6)16-10(19)17(4-3-15)9(7)18/h1-2,5H,3-4,15H2,(H,16,19). The minimum absolute atomic E-state index is 0.00509. The van der Waals surface area contributed by atoms with Crippen molar-refractivity contribution in [3.8, 4) is 0 Å². The lowest BCUT2D eigenvalue weighted by Crippen LogP contribution is -2.37. The van der Waals surface area contributed by atoms with Crippen LogP contribution in [0, 0.1) is 0 Å². The van der Waals surface area contributed by atoms with Gasteiger partial charge in [-0.2, -0.15) is 13.2 Å². The van der Waals surface area contributed by atoms with Gasteiger partial charge in [-0.3, -0.25) is 9.36 Å². The van der Waals surface area contributed by atoms with E-state index < -0.39 is 23.0 Å². The van der Waals surface area contributed by atoms with Crippen molar-refractivity contribution in [1.82, 2.24) is 9.55 Å². The van der Waals surface area contributed by atoms with Crippen molar-refractivity contribution in [1.29, 1.82) is 0 Å². The summed E-state index contributed by atoms with van der Waals surface area (Å²) < 4.78 is 38.4. The Bertz CT molecular complexity index is 731. The maximum absolute atomic E-state index is 12.5. The molecule has 19 heavy (non-hydrogen) atoms. The van der Waals surface area contributed by atoms with E-state index in [9.17, 15) is 22.8 Å². The second-order valence-electron chi connectivity index (χ2n) is 3.93. The summed E-state index contributed by atoms with van der Waals surface area (Å²) in [6, 6.07) is 2.59. The maximum Gasteiger partial charge on any atom is 0.416 e. The number of halogens is 3. The van der Waals surface area contributed by atoms with Crippen molar-refractivity contribution < 1.29 is 13.2 Å². The van der Waals surface area contributed by atoms with Gasteiger partial charge in [0, 0.05) is 13.1 Å². The van der Waals surface area contributed by atoms with Crippen LogP contribution in [0.1, 0.15) is 5.56 Å². The molecule has 0 aliphatic rings. The second kappa shape index (κ2) is 4.54. The van der Waals surface area contributed by atoms with Crippen LogP contribution in [0.2, 0.25) is 0 Å². The molecule has 2 aromatic rings. The van der Waals surface area contributed by atoms with Crippen molar-refractivity contribution in [3.05, 3.63) is 44.6 Å². The summed E-state index contributed by atoms with van der Waals surface area (Å²) in [6.45, 7) is 0.0836. The van der Waals surface area contributed by atoms with Gasteiger partial charge < -0.3 is 10.7 Å². The molecule has 3 N–H and O–H groups in total. The molecule has 1 heterocycles. The Morgan fingerprint density at radius 1 is 1.26 bits per heavy atom. The second-order valence-corrected chi connectivity index (χ2v) is 3.93. The van der Waals surface area contributed by atoms with E-state index in [0.29, 0.717) is 0 Å². The predicted molar refractivity (Wildman–Crippen MR) is 62.9 cm³/mol. The van der Waals surface area contributed by atoms with E-state index in [1.54, 1.807) is 0 Å². The normalized spacial score (nSPS) is 12.0. The van der Waals surface area contributed by atoms with Crippen LogP contribution < -0.4 is 17.0 Å². The Kier molecular flexibility index (Phi) is 3.19. The third kappa shape index (κ3) is 2.39. The molecule has 0 atom stereocenters. The highest BCUT2D eigenvalue weighted by molar-refractivity contribution is 5.78. The molecule has 102 valence electrons. The lowest BCUT2D eigenvalue weighted by atomic mass is 10.1. The number of fused-ring (bicyclic) bond motifs is 1. The number of nitrogens with one attached hydrogen (secondary N) is 1. The molecule has 0 saturated heterocycles. The van der Waals surface area contributed by atoms with Gasteiger partial charge in [0.05, 0.1) is 16.5 Å². The predicted octanol–water partition coefficient (Wildman–Crippen LogP) is 0.667. The number of alkyl halides is 3. The number of nitrogens with zero attached hydrogens (tertiary/aromatic N) is 1. The summed E-state index contributed by atoms with van der Waals surface area (Å²) in [5.41, 5.74) is 2.77. The van der Waals surface area contributed by atoms with Crippen molar-refractivity contribution in [2.24, 2.45) is 5.73 Å². The summed E-state index contributed by atoms with van der Waals surface area (Å²) >= 11 is 0. The highest BCUT2D eigenvalue weighted by Crippen LogP contribution is 2.30. The molecule has 2 rings (SSSR count). The van der Waals surface area contributed by atoms with Crippen LogP contribution >= 0.6 is 0 Å². The number of hydrogen-bond acceptors (Lipinski definition) is 3. The number of hydrogen-bond donors (Lipinski definition) is 2. The molecule has 8 heteroatoms. The fourth-order valence-electron chi connectivity index (χ4n) is 1.76. The van der Waals surface area contributed by atoms with Crippen LogP contribution in [0.15, 0.2) is 27.8 Å². The molecule has 1 aromatic carbocycles. The number of H-pyrrole nitrogens is 1. The minimum Gasteiger partial charge on any atom is -0.329 e. The summed E-state index contributed by atoms with van der Waals surface area (Å²) in [7, 11) is 0. The minimum atomic E-state index is -4.53. The van der Waals surface area contributed by atoms with Gasteiger partial charge in [-0.05, 0) is 18.2 Å². The molecular formula is C11H10F3N3O2. The van der Waals surface area contributed by atoms with Crippen LogP contribution in [0.4, 0.5) is 13.2 Å². The average Bonchev–Trinajstić information content (AvgIpc) is 2.32. The lowest BCUT2D eigenvalue weighted by molar-refractivity contribution is -0.137. The fourth-order valence-corrected chi connectivity index (χ4v) is 1.76. The van der Waals surface area contributed by atoms with Gasteiger partial charge in [0.1, 0.15) is 0 Å². The lowest BCUT2D eigenvalue weighted by Gasteiger charge is -2.08. The smallest absolute Gasteiger partial charge is 0.329 e. The number of aromatic amines is 1. The molecule has 0 aliphatic heterocycles. The van der Waals surface area contributed by atoms with Gasteiger partial charge in [0.2, 0.25) is 0 Å². The van der Waals surface area contributed by atoms with Gasteiger partial charge in [-0.25, -0.2) is 4.79 Å². The molecule has 0 fully saturated rings. The molecule has 0 aliphatic carbocycles. The average molecular weight is 273 g/mol. The highest BCUT2D eigenvalue weighted by atomic mass is 19.4. The van der Waals surface area contributed by atoms with Crippen molar-refractivity contribution in [3.63, 3.8) is 0 Å². The molecule has 5 nitrogen and oxygen atoms in total. The van der Waals surface area contributed by atoms with E-state index in [1.165, 1.54) is 0 Å². The SMILES string of the molecule is NCCn1c(=O)[nH]c2cc(C(F)(F)F)ccc2c1=O. The molecule has 0 radical (unpaired) electrons. The van der Waals surface area contributed by atoms with E-state index in [0.717, 1.165) is 22.8 Å². The highest BCUT2D eigenvalue weighted by Gasteiger charge is 2.30. The van der Waals surface area contributed by atoms with E-state index in [1.807, 2.05) is 0 Å². The number of aromatic nitrogens is 2. The molecule has 0 saturated carbocycles. The summed E-state index contributed by atoms with van der Waals surface area (Å²) in [5, 5.41) is 0.0149. The van der Waals surface area contributed by atoms with Crippen molar-refractivity contribution in [2.75, 3.05) is 6.54 Å².